The van der Waals surface area contributed by atoms with Crippen molar-refractivity contribution < 1.29 is 5.11 Å². The molecule has 1 aromatic carbocycles. The second-order valence-corrected chi connectivity index (χ2v) is 4.01. The molecule has 0 spiro atoms. The van der Waals surface area contributed by atoms with Gasteiger partial charge in [-0.15, -0.1) is 11.3 Å². The monoisotopic (exact) mass is 205 g/mol. The predicted octanol–water partition coefficient (Wildman–Crippen LogP) is 2.61. The molecule has 0 unspecified atom stereocenters. The van der Waals surface area contributed by atoms with Crippen LogP contribution in [0, 0.1) is 6.92 Å². The van der Waals surface area contributed by atoms with E-state index in [1.54, 1.807) is 16.8 Å². The molecule has 0 saturated carbocycles. The summed E-state index contributed by atoms with van der Waals surface area (Å²) in [5, 5.41) is 9.08. The van der Waals surface area contributed by atoms with Gasteiger partial charge in [0, 0.05) is 0 Å². The molecule has 1 aromatic heterocycles. The first kappa shape index (κ1) is 9.37. The molecule has 72 valence electrons. The van der Waals surface area contributed by atoms with E-state index in [0.717, 1.165) is 16.1 Å². The fourth-order valence-corrected chi connectivity index (χ4v) is 2.20. The zero-order valence-electron chi connectivity index (χ0n) is 7.90. The Bertz CT molecular complexity index is 436. The molecule has 0 aliphatic carbocycles. The van der Waals surface area contributed by atoms with Crippen molar-refractivity contribution in [1.29, 1.82) is 0 Å². The smallest absolute Gasteiger partial charge is 0.0867 e. The maximum atomic E-state index is 9.08. The maximum absolute atomic E-state index is 9.08. The van der Waals surface area contributed by atoms with E-state index in [1.807, 2.05) is 12.1 Å². The van der Waals surface area contributed by atoms with Gasteiger partial charge >= 0.3 is 0 Å². The lowest BCUT2D eigenvalue weighted by molar-refractivity contribution is 0.278. The quantitative estimate of drug-likeness (QED) is 0.817. The van der Waals surface area contributed by atoms with Crippen molar-refractivity contribution >= 4 is 11.3 Å². The summed E-state index contributed by atoms with van der Waals surface area (Å²) in [5.74, 6) is 0. The molecule has 2 rings (SSSR count). The Morgan fingerprint density at radius 1 is 1.43 bits per heavy atom. The van der Waals surface area contributed by atoms with Gasteiger partial charge in [-0.05, 0) is 12.5 Å². The van der Waals surface area contributed by atoms with Gasteiger partial charge in [0.15, 0.2) is 0 Å². The summed E-state index contributed by atoms with van der Waals surface area (Å²) in [6, 6.07) is 8.22. The summed E-state index contributed by atoms with van der Waals surface area (Å²) >= 11 is 1.56. The van der Waals surface area contributed by atoms with Crippen LogP contribution in [0.1, 0.15) is 11.3 Å². The molecule has 1 heterocycles. The van der Waals surface area contributed by atoms with E-state index in [0.29, 0.717) is 0 Å². The van der Waals surface area contributed by atoms with Gasteiger partial charge in [0.05, 0.1) is 22.7 Å². The van der Waals surface area contributed by atoms with Gasteiger partial charge < -0.3 is 5.11 Å². The number of aromatic nitrogens is 1. The first-order valence-corrected chi connectivity index (χ1v) is 5.29. The highest BCUT2D eigenvalue weighted by Gasteiger charge is 2.06. The Balaban J connectivity index is 2.49. The number of benzene rings is 1. The molecule has 0 aliphatic heterocycles. The minimum absolute atomic E-state index is 0.00672. The van der Waals surface area contributed by atoms with Gasteiger partial charge in [-0.3, -0.25) is 0 Å². The number of nitrogens with zero attached hydrogens (tertiary/aromatic N) is 1. The molecule has 0 radical (unpaired) electrons. The van der Waals surface area contributed by atoms with E-state index in [2.05, 4.69) is 24.0 Å². The summed E-state index contributed by atoms with van der Waals surface area (Å²) < 4.78 is 0. The fourth-order valence-electron chi connectivity index (χ4n) is 1.40. The summed E-state index contributed by atoms with van der Waals surface area (Å²) in [5.41, 5.74) is 4.89. The van der Waals surface area contributed by atoms with Crippen LogP contribution in [0.2, 0.25) is 0 Å². The fraction of sp³-hybridized carbons (Fsp3) is 0.182. The predicted molar refractivity (Wildman–Crippen MR) is 58.2 cm³/mol. The largest absolute Gasteiger partial charge is 0.390 e. The van der Waals surface area contributed by atoms with Crippen molar-refractivity contribution in [1.82, 2.24) is 4.98 Å². The van der Waals surface area contributed by atoms with Crippen molar-refractivity contribution in [2.45, 2.75) is 13.5 Å². The van der Waals surface area contributed by atoms with Crippen molar-refractivity contribution in [3.8, 4) is 10.4 Å². The van der Waals surface area contributed by atoms with Crippen LogP contribution in [-0.4, -0.2) is 10.1 Å². The molecule has 0 fully saturated rings. The van der Waals surface area contributed by atoms with Crippen molar-refractivity contribution in [2.75, 3.05) is 0 Å². The molecule has 0 bridgehead atoms. The molecular formula is C11H11NOS. The van der Waals surface area contributed by atoms with E-state index < -0.39 is 0 Å². The second-order valence-electron chi connectivity index (χ2n) is 3.16. The van der Waals surface area contributed by atoms with Gasteiger partial charge in [-0.25, -0.2) is 4.98 Å². The van der Waals surface area contributed by atoms with E-state index >= 15 is 0 Å². The van der Waals surface area contributed by atoms with Gasteiger partial charge in [0.25, 0.3) is 0 Å². The zero-order chi connectivity index (χ0) is 9.97. The van der Waals surface area contributed by atoms with Crippen LogP contribution in [0.5, 0.6) is 0 Å². The molecule has 3 heteroatoms. The average Bonchev–Trinajstić information content (AvgIpc) is 2.65. The number of thiazole rings is 1. The normalized spacial score (nSPS) is 10.4. The van der Waals surface area contributed by atoms with Crippen LogP contribution in [-0.2, 0) is 6.61 Å². The Kier molecular flexibility index (Phi) is 2.61. The Labute approximate surface area is 86.9 Å². The summed E-state index contributed by atoms with van der Waals surface area (Å²) in [7, 11) is 0. The molecule has 0 atom stereocenters. The van der Waals surface area contributed by atoms with Crippen molar-refractivity contribution in [3.63, 3.8) is 0 Å². The average molecular weight is 205 g/mol. The van der Waals surface area contributed by atoms with E-state index in [4.69, 9.17) is 5.11 Å². The molecular weight excluding hydrogens is 194 g/mol. The first-order valence-electron chi connectivity index (χ1n) is 4.41. The minimum Gasteiger partial charge on any atom is -0.390 e. The summed E-state index contributed by atoms with van der Waals surface area (Å²) in [6.45, 7) is 2.07. The Morgan fingerprint density at radius 2 is 2.29 bits per heavy atom. The molecule has 2 aromatic rings. The van der Waals surface area contributed by atoms with Crippen LogP contribution >= 0.6 is 11.3 Å². The van der Waals surface area contributed by atoms with Crippen LogP contribution < -0.4 is 0 Å². The number of aryl methyl sites for hydroxylation is 1. The molecule has 0 aliphatic rings. The number of aliphatic hydroxyl groups is 1. The lowest BCUT2D eigenvalue weighted by atomic mass is 10.1. The first-order chi connectivity index (χ1) is 6.81. The van der Waals surface area contributed by atoms with Crippen molar-refractivity contribution in [2.24, 2.45) is 0 Å². The third-order valence-corrected chi connectivity index (χ3v) is 2.99. The minimum atomic E-state index is 0.00672. The summed E-state index contributed by atoms with van der Waals surface area (Å²) in [6.07, 6.45) is 0. The third kappa shape index (κ3) is 1.69. The highest BCUT2D eigenvalue weighted by molar-refractivity contribution is 7.13. The van der Waals surface area contributed by atoms with Crippen LogP contribution in [0.25, 0.3) is 10.4 Å². The van der Waals surface area contributed by atoms with Crippen LogP contribution in [0.15, 0.2) is 29.8 Å². The van der Waals surface area contributed by atoms with E-state index in [1.165, 1.54) is 5.56 Å². The van der Waals surface area contributed by atoms with Gasteiger partial charge in [-0.1, -0.05) is 29.8 Å². The highest BCUT2D eigenvalue weighted by atomic mass is 32.1. The SMILES string of the molecule is Cc1cccc(-c2scnc2CO)c1. The lowest BCUT2D eigenvalue weighted by Gasteiger charge is -2.00. The standard InChI is InChI=1S/C11H11NOS/c1-8-3-2-4-9(5-8)11-10(6-13)12-7-14-11/h2-5,7,13H,6H2,1H3. The van der Waals surface area contributed by atoms with Crippen molar-refractivity contribution in [3.05, 3.63) is 41.0 Å². The van der Waals surface area contributed by atoms with Gasteiger partial charge in [-0.2, -0.15) is 0 Å². The molecule has 14 heavy (non-hydrogen) atoms. The van der Waals surface area contributed by atoms with Gasteiger partial charge in [0.2, 0.25) is 0 Å². The molecule has 1 N–H and O–H groups in total. The number of aliphatic hydroxyl groups excluding tert-OH is 1. The topological polar surface area (TPSA) is 33.1 Å². The highest BCUT2D eigenvalue weighted by Crippen LogP contribution is 2.27. The molecule has 0 saturated heterocycles. The lowest BCUT2D eigenvalue weighted by Crippen LogP contribution is -1.86. The molecule has 0 amide bonds. The zero-order valence-corrected chi connectivity index (χ0v) is 8.71. The second kappa shape index (κ2) is 3.90. The van der Waals surface area contributed by atoms with Gasteiger partial charge in [0.1, 0.15) is 0 Å². The maximum Gasteiger partial charge on any atom is 0.0867 e. The number of hydrogen-bond donors (Lipinski definition) is 1. The summed E-state index contributed by atoms with van der Waals surface area (Å²) in [4.78, 5) is 5.18. The van der Waals surface area contributed by atoms with E-state index in [-0.39, 0.29) is 6.61 Å². The Hall–Kier alpha value is -1.19. The molecule has 2 nitrogen and oxygen atoms in total. The number of rotatable bonds is 2. The van der Waals surface area contributed by atoms with Crippen LogP contribution in [0.4, 0.5) is 0 Å². The Morgan fingerprint density at radius 3 is 3.00 bits per heavy atom. The van der Waals surface area contributed by atoms with Crippen LogP contribution in [0.3, 0.4) is 0 Å². The number of hydrogen-bond acceptors (Lipinski definition) is 3. The van der Waals surface area contributed by atoms with E-state index in [9.17, 15) is 0 Å². The third-order valence-electron chi connectivity index (χ3n) is 2.07.